The van der Waals surface area contributed by atoms with Gasteiger partial charge in [-0.2, -0.15) is 0 Å². The Hall–Kier alpha value is -0.455. The van der Waals surface area contributed by atoms with Gasteiger partial charge in [0.1, 0.15) is 7.85 Å². The second kappa shape index (κ2) is 4.54. The molecule has 6 heavy (non-hydrogen) atoms. The van der Waals surface area contributed by atoms with Crippen LogP contribution in [0.25, 0.3) is 0 Å². The average molecular weight is 77.9 g/mol. The Morgan fingerprint density at radius 3 is 2.17 bits per heavy atom. The van der Waals surface area contributed by atoms with Crippen LogP contribution in [-0.4, -0.2) is 7.85 Å². The first kappa shape index (κ1) is 5.54. The van der Waals surface area contributed by atoms with Gasteiger partial charge in [0.15, 0.2) is 0 Å². The quantitative estimate of drug-likeness (QED) is 0.327. The second-order valence-corrected chi connectivity index (χ2v) is 0.911. The van der Waals surface area contributed by atoms with E-state index in [1.54, 1.807) is 6.08 Å². The molecule has 0 aliphatic rings. The minimum Gasteiger partial charge on any atom is -0.132 e. The van der Waals surface area contributed by atoms with E-state index in [1.165, 1.54) is 5.98 Å². The van der Waals surface area contributed by atoms with Crippen LogP contribution >= 0.6 is 0 Å². The summed E-state index contributed by atoms with van der Waals surface area (Å²) in [5.74, 6) is 1.50. The minimum atomic E-state index is 1.50. The van der Waals surface area contributed by atoms with Gasteiger partial charge in [0.05, 0.1) is 0 Å². The van der Waals surface area contributed by atoms with Crippen molar-refractivity contribution in [2.45, 2.75) is 6.92 Å². The summed E-state index contributed by atoms with van der Waals surface area (Å²) in [5.41, 5.74) is 0. The molecule has 0 aromatic carbocycles. The highest BCUT2D eigenvalue weighted by molar-refractivity contribution is 6.17. The molecule has 0 N–H and O–H groups in total. The molecule has 30 valence electrons. The highest BCUT2D eigenvalue weighted by Gasteiger charge is 1.48. The largest absolute Gasteiger partial charge is 0.132 e. The van der Waals surface area contributed by atoms with Crippen molar-refractivity contribution in [1.82, 2.24) is 0 Å². The zero-order valence-electron chi connectivity index (χ0n) is 3.89. The van der Waals surface area contributed by atoms with Gasteiger partial charge in [-0.25, -0.2) is 0 Å². The molecule has 0 aromatic heterocycles. The van der Waals surface area contributed by atoms with Crippen LogP contribution in [0.15, 0.2) is 24.2 Å². The van der Waals surface area contributed by atoms with E-state index in [4.69, 9.17) is 7.85 Å². The third-order valence-electron chi connectivity index (χ3n) is 0.415. The van der Waals surface area contributed by atoms with Crippen LogP contribution < -0.4 is 0 Å². The molecule has 0 aromatic rings. The van der Waals surface area contributed by atoms with Crippen LogP contribution in [0.1, 0.15) is 6.92 Å². The highest BCUT2D eigenvalue weighted by atomic mass is 13.5. The molecule has 1 heteroatoms. The van der Waals surface area contributed by atoms with Gasteiger partial charge in [-0.3, -0.25) is 0 Å². The Bertz CT molecular complexity index is 52.3. The smallest absolute Gasteiger partial charge is 0.102 e. The summed E-state index contributed by atoms with van der Waals surface area (Å²) in [7, 11) is 4.98. The molecule has 0 heterocycles. The number of hydrogen-bond acceptors (Lipinski definition) is 0. The monoisotopic (exact) mass is 78.1 g/mol. The highest BCUT2D eigenvalue weighted by Crippen LogP contribution is 1.68. The zero-order valence-corrected chi connectivity index (χ0v) is 3.89. The van der Waals surface area contributed by atoms with Gasteiger partial charge in [-0.05, 0) is 6.92 Å². The Balaban J connectivity index is 3.07. The van der Waals surface area contributed by atoms with E-state index in [-0.39, 0.29) is 0 Å². The lowest BCUT2D eigenvalue weighted by molar-refractivity contribution is 1.74. The third-order valence-corrected chi connectivity index (χ3v) is 0.415. The van der Waals surface area contributed by atoms with Crippen LogP contribution in [0.5, 0.6) is 0 Å². The van der Waals surface area contributed by atoms with Crippen molar-refractivity contribution in [1.29, 1.82) is 0 Å². The SMILES string of the molecule is [B]C=CC=CC. The number of allylic oxidation sites excluding steroid dienone is 3. The number of hydrogen-bond donors (Lipinski definition) is 0. The summed E-state index contributed by atoms with van der Waals surface area (Å²) >= 11 is 0. The maximum atomic E-state index is 4.98. The van der Waals surface area contributed by atoms with Gasteiger partial charge in [-0.15, -0.1) is 5.98 Å². The summed E-state index contributed by atoms with van der Waals surface area (Å²) in [6.07, 6.45) is 5.57. The van der Waals surface area contributed by atoms with E-state index in [0.29, 0.717) is 0 Å². The second-order valence-electron chi connectivity index (χ2n) is 0.911. The van der Waals surface area contributed by atoms with Crippen LogP contribution in [0, 0.1) is 0 Å². The van der Waals surface area contributed by atoms with E-state index < -0.39 is 0 Å². The first-order valence-corrected chi connectivity index (χ1v) is 1.91. The molecule has 2 radical (unpaired) electrons. The summed E-state index contributed by atoms with van der Waals surface area (Å²) in [5, 5.41) is 0. The van der Waals surface area contributed by atoms with Crippen LogP contribution in [-0.2, 0) is 0 Å². The summed E-state index contributed by atoms with van der Waals surface area (Å²) in [6, 6.07) is 0. The molecule has 0 spiro atoms. The van der Waals surface area contributed by atoms with E-state index in [0.717, 1.165) is 0 Å². The molecule has 0 saturated carbocycles. The van der Waals surface area contributed by atoms with E-state index in [9.17, 15) is 0 Å². The molecule has 0 amide bonds. The van der Waals surface area contributed by atoms with Gasteiger partial charge in [0.25, 0.3) is 0 Å². The molecule has 0 bridgehead atoms. The molecular formula is C5H7B. The molecule has 0 aliphatic heterocycles. The fourth-order valence-electron chi connectivity index (χ4n) is 0.175. The first-order chi connectivity index (χ1) is 2.91. The molecule has 0 saturated heterocycles. The average Bonchev–Trinajstić information content (AvgIpc) is 1.61. The normalized spacial score (nSPS) is 11.5. The predicted molar refractivity (Wildman–Crippen MR) is 29.7 cm³/mol. The Morgan fingerprint density at radius 2 is 2.00 bits per heavy atom. The van der Waals surface area contributed by atoms with Crippen molar-refractivity contribution in [2.75, 3.05) is 0 Å². The van der Waals surface area contributed by atoms with Gasteiger partial charge < -0.3 is 0 Å². The Labute approximate surface area is 40.0 Å². The first-order valence-electron chi connectivity index (χ1n) is 1.91. The fourth-order valence-corrected chi connectivity index (χ4v) is 0.175. The summed E-state index contributed by atoms with van der Waals surface area (Å²) in [4.78, 5) is 0. The van der Waals surface area contributed by atoms with Gasteiger partial charge in [0, 0.05) is 0 Å². The lowest BCUT2D eigenvalue weighted by atomic mass is 10.1. The number of rotatable bonds is 1. The van der Waals surface area contributed by atoms with Crippen molar-refractivity contribution < 1.29 is 0 Å². The van der Waals surface area contributed by atoms with Crippen LogP contribution in [0.2, 0.25) is 0 Å². The van der Waals surface area contributed by atoms with E-state index >= 15 is 0 Å². The van der Waals surface area contributed by atoms with Crippen molar-refractivity contribution in [3.8, 4) is 0 Å². The predicted octanol–water partition coefficient (Wildman–Crippen LogP) is 1.24. The minimum absolute atomic E-state index is 1.50. The molecule has 0 rings (SSSR count). The Morgan fingerprint density at radius 1 is 1.33 bits per heavy atom. The van der Waals surface area contributed by atoms with Crippen LogP contribution in [0.3, 0.4) is 0 Å². The van der Waals surface area contributed by atoms with Crippen LogP contribution in [0.4, 0.5) is 0 Å². The summed E-state index contributed by atoms with van der Waals surface area (Å²) in [6.45, 7) is 1.94. The van der Waals surface area contributed by atoms with Crippen molar-refractivity contribution in [3.63, 3.8) is 0 Å². The Kier molecular flexibility index (Phi) is 4.20. The lowest BCUT2D eigenvalue weighted by Crippen LogP contribution is -1.46. The molecule has 0 atom stereocenters. The molecule has 0 fully saturated rings. The van der Waals surface area contributed by atoms with E-state index in [2.05, 4.69) is 0 Å². The lowest BCUT2D eigenvalue weighted by Gasteiger charge is -1.62. The van der Waals surface area contributed by atoms with Gasteiger partial charge in [-0.1, -0.05) is 18.2 Å². The third kappa shape index (κ3) is 3.54. The van der Waals surface area contributed by atoms with Crippen molar-refractivity contribution >= 4 is 7.85 Å². The fraction of sp³-hybridized carbons (Fsp3) is 0.200. The maximum Gasteiger partial charge on any atom is 0.102 e. The van der Waals surface area contributed by atoms with E-state index in [1.807, 2.05) is 19.1 Å². The molecular weight excluding hydrogens is 70.9 g/mol. The topological polar surface area (TPSA) is 0 Å². The summed E-state index contributed by atoms with van der Waals surface area (Å²) < 4.78 is 0. The molecule has 0 nitrogen and oxygen atoms in total. The van der Waals surface area contributed by atoms with Gasteiger partial charge >= 0.3 is 0 Å². The van der Waals surface area contributed by atoms with Crippen molar-refractivity contribution in [3.05, 3.63) is 24.2 Å². The van der Waals surface area contributed by atoms with Crippen molar-refractivity contribution in [2.24, 2.45) is 0 Å². The maximum absolute atomic E-state index is 4.98. The standard InChI is InChI=1S/C5H7B/c1-2-3-4-5-6/h2-5H,1H3. The molecule has 0 unspecified atom stereocenters. The molecule has 0 aliphatic carbocycles. The zero-order chi connectivity index (χ0) is 4.83. The van der Waals surface area contributed by atoms with Gasteiger partial charge in [0.2, 0.25) is 0 Å².